The number of nitrogens with zero attached hydrogens (tertiary/aromatic N) is 1. The van der Waals surface area contributed by atoms with E-state index in [0.29, 0.717) is 30.5 Å². The van der Waals surface area contributed by atoms with Crippen molar-refractivity contribution >= 4 is 30.1 Å². The molecule has 2 saturated heterocycles. The van der Waals surface area contributed by atoms with Crippen LogP contribution in [-0.4, -0.2) is 60.1 Å². The summed E-state index contributed by atoms with van der Waals surface area (Å²) in [6.45, 7) is 3.11. The van der Waals surface area contributed by atoms with Gasteiger partial charge < -0.3 is 15.5 Å². The summed E-state index contributed by atoms with van der Waals surface area (Å²) in [6, 6.07) is 1.48. The Bertz CT molecular complexity index is 316. The molecule has 0 radical (unpaired) electrons. The highest BCUT2D eigenvalue weighted by atomic mass is 35.5. The molecule has 4 nitrogen and oxygen atoms in total. The maximum absolute atomic E-state index is 12.5. The van der Waals surface area contributed by atoms with Gasteiger partial charge in [-0.15, -0.1) is 12.4 Å². The van der Waals surface area contributed by atoms with Gasteiger partial charge in [-0.3, -0.25) is 4.79 Å². The molecule has 2 aliphatic heterocycles. The molecule has 3 rings (SSSR count). The molecule has 3 aliphatic rings. The Labute approximate surface area is 132 Å². The second-order valence-corrected chi connectivity index (χ2v) is 7.15. The van der Waals surface area contributed by atoms with E-state index in [1.165, 1.54) is 31.4 Å². The van der Waals surface area contributed by atoms with Gasteiger partial charge in [-0.25, -0.2) is 0 Å². The van der Waals surface area contributed by atoms with E-state index in [-0.39, 0.29) is 12.4 Å². The zero-order valence-corrected chi connectivity index (χ0v) is 13.6. The third kappa shape index (κ3) is 4.52. The van der Waals surface area contributed by atoms with Gasteiger partial charge in [-0.1, -0.05) is 0 Å². The first-order chi connectivity index (χ1) is 9.33. The van der Waals surface area contributed by atoms with E-state index >= 15 is 0 Å². The van der Waals surface area contributed by atoms with Gasteiger partial charge in [0.15, 0.2) is 0 Å². The maximum Gasteiger partial charge on any atom is 0.224 e. The van der Waals surface area contributed by atoms with E-state index < -0.39 is 0 Å². The number of halogens is 1. The van der Waals surface area contributed by atoms with Crippen LogP contribution in [0.25, 0.3) is 0 Å². The SMILES string of the molecule is Cl.O=C(CC1CSCCN1)N(CC1CCCN1)C1CC1. The summed E-state index contributed by atoms with van der Waals surface area (Å²) >= 11 is 1.97. The number of hydrogen-bond donors (Lipinski definition) is 2. The highest BCUT2D eigenvalue weighted by Gasteiger charge is 2.35. The minimum atomic E-state index is 0. The smallest absolute Gasteiger partial charge is 0.224 e. The molecule has 2 N–H and O–H groups in total. The molecule has 1 amide bonds. The summed E-state index contributed by atoms with van der Waals surface area (Å²) < 4.78 is 0. The fourth-order valence-electron chi connectivity index (χ4n) is 3.07. The van der Waals surface area contributed by atoms with E-state index in [4.69, 9.17) is 0 Å². The number of carbonyl (C=O) groups is 1. The lowest BCUT2D eigenvalue weighted by atomic mass is 10.1. The van der Waals surface area contributed by atoms with Crippen LogP contribution in [0.2, 0.25) is 0 Å². The normalized spacial score (nSPS) is 29.8. The molecule has 2 atom stereocenters. The van der Waals surface area contributed by atoms with Crippen molar-refractivity contribution in [3.8, 4) is 0 Å². The molecular weight excluding hydrogens is 294 g/mol. The number of amides is 1. The monoisotopic (exact) mass is 319 g/mol. The molecule has 0 bridgehead atoms. The van der Waals surface area contributed by atoms with Crippen molar-refractivity contribution in [3.05, 3.63) is 0 Å². The summed E-state index contributed by atoms with van der Waals surface area (Å²) in [5.41, 5.74) is 0. The zero-order chi connectivity index (χ0) is 13.1. The number of thioether (sulfide) groups is 1. The first kappa shape index (κ1) is 16.4. The van der Waals surface area contributed by atoms with Crippen molar-refractivity contribution in [2.45, 2.75) is 50.2 Å². The molecule has 20 heavy (non-hydrogen) atoms. The van der Waals surface area contributed by atoms with Gasteiger partial charge in [0.25, 0.3) is 0 Å². The van der Waals surface area contributed by atoms with Gasteiger partial charge in [0.05, 0.1) is 0 Å². The Hall–Kier alpha value is 0.0300. The number of rotatable bonds is 5. The molecular formula is C14H26ClN3OS. The van der Waals surface area contributed by atoms with Gasteiger partial charge in [0.2, 0.25) is 5.91 Å². The molecule has 2 heterocycles. The molecule has 3 fully saturated rings. The Morgan fingerprint density at radius 1 is 1.15 bits per heavy atom. The van der Waals surface area contributed by atoms with Crippen molar-refractivity contribution in [2.24, 2.45) is 0 Å². The highest BCUT2D eigenvalue weighted by Crippen LogP contribution is 2.28. The van der Waals surface area contributed by atoms with Crippen LogP contribution in [0.4, 0.5) is 0 Å². The van der Waals surface area contributed by atoms with E-state index in [1.54, 1.807) is 0 Å². The standard InChI is InChI=1S/C14H25N3OS.ClH/c18-14(8-12-10-19-7-6-16-12)17(13-3-4-13)9-11-2-1-5-15-11;/h11-13,15-16H,1-10H2;1H. The maximum atomic E-state index is 12.5. The number of hydrogen-bond acceptors (Lipinski definition) is 4. The lowest BCUT2D eigenvalue weighted by Crippen LogP contribution is -2.46. The summed E-state index contributed by atoms with van der Waals surface area (Å²) in [4.78, 5) is 14.7. The Balaban J connectivity index is 0.00000147. The minimum Gasteiger partial charge on any atom is -0.338 e. The quantitative estimate of drug-likeness (QED) is 0.800. The fraction of sp³-hybridized carbons (Fsp3) is 0.929. The van der Waals surface area contributed by atoms with Gasteiger partial charge in [0, 0.05) is 49.1 Å². The average Bonchev–Trinajstić information content (AvgIpc) is 3.14. The summed E-state index contributed by atoms with van der Waals surface area (Å²) in [7, 11) is 0. The molecule has 0 aromatic heterocycles. The lowest BCUT2D eigenvalue weighted by Gasteiger charge is -2.29. The zero-order valence-electron chi connectivity index (χ0n) is 12.0. The van der Waals surface area contributed by atoms with E-state index in [9.17, 15) is 4.79 Å². The van der Waals surface area contributed by atoms with Gasteiger partial charge in [0.1, 0.15) is 0 Å². The second-order valence-electron chi connectivity index (χ2n) is 6.00. The number of carbonyl (C=O) groups excluding carboxylic acids is 1. The fourth-order valence-corrected chi connectivity index (χ4v) is 4.02. The van der Waals surface area contributed by atoms with Crippen LogP contribution in [0.3, 0.4) is 0 Å². The number of nitrogens with one attached hydrogen (secondary N) is 2. The van der Waals surface area contributed by atoms with Gasteiger partial charge in [-0.2, -0.15) is 11.8 Å². The van der Waals surface area contributed by atoms with Crippen molar-refractivity contribution in [3.63, 3.8) is 0 Å². The minimum absolute atomic E-state index is 0. The van der Waals surface area contributed by atoms with Gasteiger partial charge in [-0.05, 0) is 32.2 Å². The average molecular weight is 320 g/mol. The van der Waals surface area contributed by atoms with Crippen molar-refractivity contribution in [1.29, 1.82) is 0 Å². The van der Waals surface area contributed by atoms with Crippen LogP contribution >= 0.6 is 24.2 Å². The van der Waals surface area contributed by atoms with Crippen LogP contribution in [-0.2, 0) is 4.79 Å². The molecule has 2 unspecified atom stereocenters. The molecule has 116 valence electrons. The second kappa shape index (κ2) is 7.87. The molecule has 0 aromatic carbocycles. The van der Waals surface area contributed by atoms with Crippen LogP contribution < -0.4 is 10.6 Å². The Morgan fingerprint density at radius 2 is 1.95 bits per heavy atom. The van der Waals surface area contributed by atoms with Crippen LogP contribution in [0, 0.1) is 0 Å². The summed E-state index contributed by atoms with van der Waals surface area (Å²) in [5.74, 6) is 2.64. The Kier molecular flexibility index (Phi) is 6.46. The van der Waals surface area contributed by atoms with Crippen molar-refractivity contribution in [1.82, 2.24) is 15.5 Å². The molecule has 0 spiro atoms. The molecule has 6 heteroatoms. The lowest BCUT2D eigenvalue weighted by molar-refractivity contribution is -0.132. The van der Waals surface area contributed by atoms with E-state index in [1.807, 2.05) is 11.8 Å². The predicted octanol–water partition coefficient (Wildman–Crippen LogP) is 1.25. The molecule has 1 saturated carbocycles. The third-order valence-electron chi connectivity index (χ3n) is 4.31. The van der Waals surface area contributed by atoms with Crippen molar-refractivity contribution < 1.29 is 4.79 Å². The van der Waals surface area contributed by atoms with Crippen LogP contribution in [0.15, 0.2) is 0 Å². The summed E-state index contributed by atoms with van der Waals surface area (Å²) in [5, 5.41) is 6.99. The van der Waals surface area contributed by atoms with Crippen LogP contribution in [0.1, 0.15) is 32.1 Å². The predicted molar refractivity (Wildman–Crippen MR) is 86.7 cm³/mol. The van der Waals surface area contributed by atoms with Crippen molar-refractivity contribution in [2.75, 3.05) is 31.1 Å². The molecule has 1 aliphatic carbocycles. The van der Waals surface area contributed by atoms with Gasteiger partial charge >= 0.3 is 0 Å². The first-order valence-corrected chi connectivity index (χ1v) is 8.82. The highest BCUT2D eigenvalue weighted by molar-refractivity contribution is 7.99. The van der Waals surface area contributed by atoms with E-state index in [0.717, 1.165) is 25.4 Å². The topological polar surface area (TPSA) is 44.4 Å². The van der Waals surface area contributed by atoms with E-state index in [2.05, 4.69) is 15.5 Å². The largest absolute Gasteiger partial charge is 0.338 e. The Morgan fingerprint density at radius 3 is 2.55 bits per heavy atom. The summed E-state index contributed by atoms with van der Waals surface area (Å²) in [6.07, 6.45) is 5.61. The third-order valence-corrected chi connectivity index (χ3v) is 5.44. The van der Waals surface area contributed by atoms with Crippen LogP contribution in [0.5, 0.6) is 0 Å². The molecule has 0 aromatic rings. The first-order valence-electron chi connectivity index (χ1n) is 7.67.